The van der Waals surface area contributed by atoms with E-state index in [0.717, 1.165) is 11.0 Å². The zero-order valence-corrected chi connectivity index (χ0v) is 12.9. The van der Waals surface area contributed by atoms with E-state index in [2.05, 4.69) is 10.6 Å². The number of rotatable bonds is 2. The van der Waals surface area contributed by atoms with Gasteiger partial charge in [-0.2, -0.15) is 0 Å². The van der Waals surface area contributed by atoms with E-state index in [0.29, 0.717) is 18.8 Å². The molecule has 0 bridgehead atoms. The molecule has 7 nitrogen and oxygen atoms in total. The smallest absolute Gasteiger partial charge is 0.328 e. The maximum Gasteiger partial charge on any atom is 0.328 e. The van der Waals surface area contributed by atoms with E-state index in [1.165, 1.54) is 0 Å². The number of nitrogens with one attached hydrogen (secondary N) is 2. The average molecular weight is 304 g/mol. The van der Waals surface area contributed by atoms with Crippen LogP contribution in [0.1, 0.15) is 6.92 Å². The third kappa shape index (κ3) is 2.42. The molecule has 0 aliphatic carbocycles. The normalized spacial score (nSPS) is 22.0. The lowest BCUT2D eigenvalue weighted by Gasteiger charge is -2.29. The van der Waals surface area contributed by atoms with E-state index in [4.69, 9.17) is 4.74 Å². The highest BCUT2D eigenvalue weighted by Crippen LogP contribution is 2.18. The van der Waals surface area contributed by atoms with Gasteiger partial charge in [0.25, 0.3) is 0 Å². The van der Waals surface area contributed by atoms with Crippen LogP contribution in [0, 0.1) is 0 Å². The Balaban J connectivity index is 1.86. The minimum absolute atomic E-state index is 0.0885. The Hall–Kier alpha value is -2.12. The van der Waals surface area contributed by atoms with E-state index in [-0.39, 0.29) is 23.7 Å². The molecule has 3 rings (SSSR count). The highest BCUT2D eigenvalue weighted by Gasteiger charge is 2.28. The standard InChI is InChI=1S/C15H20N4O3/c1-9-13(16-6-7-22-9)14(20)17-10-4-5-11-12(8-10)19(3)15(21)18(11)2/h4-5,8-9,13,16H,6-7H2,1-3H3,(H,17,20)/t9-,13+/m1/s1. The number of aryl methyl sites for hydroxylation is 2. The van der Waals surface area contributed by atoms with Crippen molar-refractivity contribution < 1.29 is 9.53 Å². The number of hydrogen-bond acceptors (Lipinski definition) is 4. The number of hydrogen-bond donors (Lipinski definition) is 2. The van der Waals surface area contributed by atoms with Gasteiger partial charge < -0.3 is 15.4 Å². The summed E-state index contributed by atoms with van der Waals surface area (Å²) in [4.78, 5) is 24.3. The molecule has 0 radical (unpaired) electrons. The van der Waals surface area contributed by atoms with Gasteiger partial charge in [0.05, 0.1) is 23.7 Å². The first-order chi connectivity index (χ1) is 10.5. The summed E-state index contributed by atoms with van der Waals surface area (Å²) in [6.45, 7) is 3.15. The highest BCUT2D eigenvalue weighted by atomic mass is 16.5. The van der Waals surface area contributed by atoms with Gasteiger partial charge in [-0.1, -0.05) is 0 Å². The fraction of sp³-hybridized carbons (Fsp3) is 0.467. The molecule has 2 N–H and O–H groups in total. The summed E-state index contributed by atoms with van der Waals surface area (Å²) >= 11 is 0. The van der Waals surface area contributed by atoms with Crippen LogP contribution >= 0.6 is 0 Å². The molecule has 1 aliphatic heterocycles. The zero-order chi connectivity index (χ0) is 15.9. The third-order valence-corrected chi connectivity index (χ3v) is 4.14. The van der Waals surface area contributed by atoms with Crippen LogP contribution < -0.4 is 16.3 Å². The van der Waals surface area contributed by atoms with Crippen LogP contribution in [0.2, 0.25) is 0 Å². The lowest BCUT2D eigenvalue weighted by Crippen LogP contribution is -2.53. The summed E-state index contributed by atoms with van der Waals surface area (Å²) in [5.41, 5.74) is 2.19. The second-order valence-electron chi connectivity index (χ2n) is 5.60. The van der Waals surface area contributed by atoms with Crippen LogP contribution in [0.5, 0.6) is 0 Å². The molecule has 1 fully saturated rings. The lowest BCUT2D eigenvalue weighted by atomic mass is 10.1. The Labute approximate surface area is 127 Å². The Morgan fingerprint density at radius 2 is 2.05 bits per heavy atom. The molecule has 2 aromatic rings. The van der Waals surface area contributed by atoms with Crippen LogP contribution in [0.25, 0.3) is 11.0 Å². The molecule has 1 aliphatic rings. The number of morpholine rings is 1. The maximum absolute atomic E-state index is 12.3. The van der Waals surface area contributed by atoms with Gasteiger partial charge in [0.15, 0.2) is 0 Å². The second kappa shape index (κ2) is 5.58. The van der Waals surface area contributed by atoms with Gasteiger partial charge in [-0.05, 0) is 25.1 Å². The van der Waals surface area contributed by atoms with Gasteiger partial charge in [0, 0.05) is 26.3 Å². The molecule has 2 heterocycles. The van der Waals surface area contributed by atoms with E-state index >= 15 is 0 Å². The molecule has 0 spiro atoms. The first-order valence-corrected chi connectivity index (χ1v) is 7.30. The van der Waals surface area contributed by atoms with Crippen molar-refractivity contribution in [2.45, 2.75) is 19.1 Å². The molecule has 118 valence electrons. The number of carbonyl (C=O) groups excluding carboxylic acids is 1. The first kappa shape index (κ1) is 14.8. The predicted octanol–water partition coefficient (Wildman–Crippen LogP) is 0.192. The molecular weight excluding hydrogens is 284 g/mol. The van der Waals surface area contributed by atoms with Crippen LogP contribution in [-0.4, -0.2) is 40.3 Å². The number of benzene rings is 1. The van der Waals surface area contributed by atoms with E-state index in [1.807, 2.05) is 19.1 Å². The van der Waals surface area contributed by atoms with Gasteiger partial charge >= 0.3 is 5.69 Å². The Bertz CT molecular complexity index is 777. The lowest BCUT2D eigenvalue weighted by molar-refractivity contribution is -0.123. The molecule has 1 aromatic heterocycles. The zero-order valence-electron chi connectivity index (χ0n) is 12.9. The van der Waals surface area contributed by atoms with Crippen LogP contribution in [0.3, 0.4) is 0 Å². The number of fused-ring (bicyclic) bond motifs is 1. The fourth-order valence-corrected chi connectivity index (χ4v) is 2.83. The topological polar surface area (TPSA) is 77.3 Å². The molecule has 0 saturated carbocycles. The molecule has 7 heteroatoms. The van der Waals surface area contributed by atoms with Gasteiger partial charge in [0.2, 0.25) is 5.91 Å². The van der Waals surface area contributed by atoms with Crippen molar-refractivity contribution in [1.29, 1.82) is 0 Å². The van der Waals surface area contributed by atoms with Crippen LogP contribution in [-0.2, 0) is 23.6 Å². The minimum Gasteiger partial charge on any atom is -0.375 e. The number of carbonyl (C=O) groups is 1. The summed E-state index contributed by atoms with van der Waals surface area (Å²) in [5.74, 6) is -0.132. The molecule has 1 saturated heterocycles. The first-order valence-electron chi connectivity index (χ1n) is 7.30. The third-order valence-electron chi connectivity index (χ3n) is 4.14. The number of ether oxygens (including phenoxy) is 1. The van der Waals surface area contributed by atoms with Crippen LogP contribution in [0.4, 0.5) is 5.69 Å². The van der Waals surface area contributed by atoms with Crippen molar-refractivity contribution in [1.82, 2.24) is 14.5 Å². The van der Waals surface area contributed by atoms with Gasteiger partial charge in [-0.3, -0.25) is 13.9 Å². The molecule has 1 amide bonds. The summed E-state index contributed by atoms with van der Waals surface area (Å²) in [5, 5.41) is 6.04. The fourth-order valence-electron chi connectivity index (χ4n) is 2.83. The predicted molar refractivity (Wildman–Crippen MR) is 84.0 cm³/mol. The van der Waals surface area contributed by atoms with E-state index < -0.39 is 0 Å². The second-order valence-corrected chi connectivity index (χ2v) is 5.60. The maximum atomic E-state index is 12.3. The van der Waals surface area contributed by atoms with Crippen LogP contribution in [0.15, 0.2) is 23.0 Å². The summed E-state index contributed by atoms with van der Waals surface area (Å²) in [6, 6.07) is 5.07. The van der Waals surface area contributed by atoms with Crippen molar-refractivity contribution in [3.63, 3.8) is 0 Å². The largest absolute Gasteiger partial charge is 0.375 e. The summed E-state index contributed by atoms with van der Waals surface area (Å²) in [7, 11) is 3.45. The van der Waals surface area contributed by atoms with Gasteiger partial charge in [0.1, 0.15) is 6.04 Å². The van der Waals surface area contributed by atoms with Crippen molar-refractivity contribution >= 4 is 22.6 Å². The summed E-state index contributed by atoms with van der Waals surface area (Å²) < 4.78 is 8.63. The number of aromatic nitrogens is 2. The monoisotopic (exact) mass is 304 g/mol. The average Bonchev–Trinajstić information content (AvgIpc) is 2.72. The molecule has 0 unspecified atom stereocenters. The Morgan fingerprint density at radius 1 is 1.32 bits per heavy atom. The van der Waals surface area contributed by atoms with Gasteiger partial charge in [-0.15, -0.1) is 0 Å². The number of anilines is 1. The summed E-state index contributed by atoms with van der Waals surface area (Å²) in [6.07, 6.45) is -0.168. The van der Waals surface area contributed by atoms with Crippen molar-refractivity contribution in [2.75, 3.05) is 18.5 Å². The van der Waals surface area contributed by atoms with Gasteiger partial charge in [-0.25, -0.2) is 4.79 Å². The number of amides is 1. The molecule has 1 aromatic carbocycles. The molecule has 22 heavy (non-hydrogen) atoms. The van der Waals surface area contributed by atoms with Crippen molar-refractivity contribution in [3.8, 4) is 0 Å². The Kier molecular flexibility index (Phi) is 3.76. The SMILES string of the molecule is C[C@H]1OCCN[C@@H]1C(=O)Nc1ccc2c(c1)n(C)c(=O)n2C. The highest BCUT2D eigenvalue weighted by molar-refractivity contribution is 5.97. The van der Waals surface area contributed by atoms with E-state index in [9.17, 15) is 9.59 Å². The number of nitrogens with zero attached hydrogens (tertiary/aromatic N) is 2. The minimum atomic E-state index is -0.371. The van der Waals surface area contributed by atoms with Crippen molar-refractivity contribution in [2.24, 2.45) is 14.1 Å². The molecular formula is C15H20N4O3. The quantitative estimate of drug-likeness (QED) is 0.830. The number of imidazole rings is 1. The van der Waals surface area contributed by atoms with E-state index in [1.54, 1.807) is 29.3 Å². The molecule has 2 atom stereocenters. The Morgan fingerprint density at radius 3 is 2.77 bits per heavy atom. The van der Waals surface area contributed by atoms with Crippen molar-refractivity contribution in [3.05, 3.63) is 28.7 Å².